The van der Waals surface area contributed by atoms with Crippen molar-refractivity contribution in [2.24, 2.45) is 0 Å². The zero-order chi connectivity index (χ0) is 17.6. The van der Waals surface area contributed by atoms with Crippen LogP contribution in [0.15, 0.2) is 28.8 Å². The summed E-state index contributed by atoms with van der Waals surface area (Å²) in [6.45, 7) is 6.62. The van der Waals surface area contributed by atoms with Crippen molar-refractivity contribution in [2.75, 3.05) is 39.4 Å². The van der Waals surface area contributed by atoms with Crippen molar-refractivity contribution in [3.63, 3.8) is 0 Å². The van der Waals surface area contributed by atoms with E-state index in [1.807, 2.05) is 0 Å². The van der Waals surface area contributed by atoms with Crippen LogP contribution in [0.4, 0.5) is 4.39 Å². The molecule has 0 atom stereocenters. The third-order valence-corrected chi connectivity index (χ3v) is 4.25. The molecule has 1 N–H and O–H groups in total. The molecule has 134 valence electrons. The first kappa shape index (κ1) is 17.6. The number of morpholine rings is 1. The second kappa shape index (κ2) is 8.22. The van der Waals surface area contributed by atoms with Crippen molar-refractivity contribution in [1.82, 2.24) is 15.4 Å². The van der Waals surface area contributed by atoms with E-state index in [1.54, 1.807) is 19.1 Å². The topological polar surface area (TPSA) is 67.6 Å². The minimum absolute atomic E-state index is 0.222. The van der Waals surface area contributed by atoms with Gasteiger partial charge in [0.2, 0.25) is 0 Å². The first-order valence-electron chi connectivity index (χ1n) is 8.45. The monoisotopic (exact) mass is 347 g/mol. The van der Waals surface area contributed by atoms with Gasteiger partial charge in [-0.05, 0) is 44.2 Å². The largest absolute Gasteiger partial charge is 0.379 e. The Hall–Kier alpha value is -2.25. The van der Waals surface area contributed by atoms with E-state index in [9.17, 15) is 9.18 Å². The minimum atomic E-state index is -0.335. The van der Waals surface area contributed by atoms with Crippen molar-refractivity contribution in [1.29, 1.82) is 0 Å². The molecule has 2 heterocycles. The van der Waals surface area contributed by atoms with Gasteiger partial charge < -0.3 is 14.6 Å². The van der Waals surface area contributed by atoms with Crippen molar-refractivity contribution in [3.8, 4) is 11.3 Å². The number of nitrogens with zero attached hydrogens (tertiary/aromatic N) is 2. The summed E-state index contributed by atoms with van der Waals surface area (Å²) in [5.74, 6) is -0.108. The lowest BCUT2D eigenvalue weighted by molar-refractivity contribution is 0.0374. The van der Waals surface area contributed by atoms with Crippen LogP contribution in [-0.4, -0.2) is 55.4 Å². The van der Waals surface area contributed by atoms with Crippen LogP contribution >= 0.6 is 0 Å². The molecule has 0 spiro atoms. The van der Waals surface area contributed by atoms with Crippen LogP contribution in [0.3, 0.4) is 0 Å². The van der Waals surface area contributed by atoms with E-state index in [2.05, 4.69) is 15.4 Å². The van der Waals surface area contributed by atoms with Crippen LogP contribution in [0.1, 0.15) is 22.5 Å². The predicted octanol–water partition coefficient (Wildman–Crippen LogP) is 2.24. The van der Waals surface area contributed by atoms with Gasteiger partial charge in [-0.15, -0.1) is 0 Å². The maximum Gasteiger partial charge on any atom is 0.257 e. The van der Waals surface area contributed by atoms with Gasteiger partial charge >= 0.3 is 0 Å². The Morgan fingerprint density at radius 2 is 2.00 bits per heavy atom. The summed E-state index contributed by atoms with van der Waals surface area (Å²) in [4.78, 5) is 14.8. The average molecular weight is 347 g/mol. The third kappa shape index (κ3) is 4.43. The lowest BCUT2D eigenvalue weighted by atomic mass is 10.1. The highest BCUT2D eigenvalue weighted by atomic mass is 19.1. The van der Waals surface area contributed by atoms with Crippen molar-refractivity contribution >= 4 is 5.91 Å². The van der Waals surface area contributed by atoms with Gasteiger partial charge in [0.15, 0.2) is 0 Å². The molecule has 25 heavy (non-hydrogen) atoms. The molecule has 0 bridgehead atoms. The highest BCUT2D eigenvalue weighted by Crippen LogP contribution is 2.25. The van der Waals surface area contributed by atoms with E-state index in [-0.39, 0.29) is 11.7 Å². The number of ether oxygens (including phenoxy) is 1. The number of halogens is 1. The SMILES string of the molecule is Cc1onc(-c2ccc(F)cc2)c1C(=O)NCCCN1CCOCC1. The fourth-order valence-corrected chi connectivity index (χ4v) is 2.86. The zero-order valence-corrected chi connectivity index (χ0v) is 14.3. The number of rotatable bonds is 6. The zero-order valence-electron chi connectivity index (χ0n) is 14.3. The number of benzene rings is 1. The van der Waals surface area contributed by atoms with Gasteiger partial charge in [-0.1, -0.05) is 5.16 Å². The smallest absolute Gasteiger partial charge is 0.257 e. The van der Waals surface area contributed by atoms with E-state index in [4.69, 9.17) is 9.26 Å². The van der Waals surface area contributed by atoms with Crippen LogP contribution in [0.25, 0.3) is 11.3 Å². The second-order valence-corrected chi connectivity index (χ2v) is 6.03. The summed E-state index contributed by atoms with van der Waals surface area (Å²) in [5, 5.41) is 6.87. The number of aromatic nitrogens is 1. The van der Waals surface area contributed by atoms with Gasteiger partial charge in [-0.3, -0.25) is 9.69 Å². The van der Waals surface area contributed by atoms with Gasteiger partial charge in [0.25, 0.3) is 5.91 Å². The molecule has 6 nitrogen and oxygen atoms in total. The van der Waals surface area contributed by atoms with E-state index in [0.717, 1.165) is 39.3 Å². The first-order valence-corrected chi connectivity index (χ1v) is 8.45. The molecule has 7 heteroatoms. The third-order valence-electron chi connectivity index (χ3n) is 4.25. The number of carbonyl (C=O) groups is 1. The van der Waals surface area contributed by atoms with Crippen molar-refractivity contribution in [2.45, 2.75) is 13.3 Å². The summed E-state index contributed by atoms with van der Waals surface area (Å²) < 4.78 is 23.6. The van der Waals surface area contributed by atoms with Crippen LogP contribution in [0, 0.1) is 12.7 Å². The molecular formula is C18H22FN3O3. The lowest BCUT2D eigenvalue weighted by Crippen LogP contribution is -2.38. The Morgan fingerprint density at radius 3 is 2.72 bits per heavy atom. The number of hydrogen-bond donors (Lipinski definition) is 1. The van der Waals surface area contributed by atoms with Crippen LogP contribution in [0.2, 0.25) is 0 Å². The van der Waals surface area contributed by atoms with Gasteiger partial charge in [0.05, 0.1) is 13.2 Å². The average Bonchev–Trinajstić information content (AvgIpc) is 3.02. The van der Waals surface area contributed by atoms with E-state index in [0.29, 0.717) is 29.1 Å². The number of amides is 1. The standard InChI is InChI=1S/C18H22FN3O3/c1-13-16(17(21-25-13)14-3-5-15(19)6-4-14)18(23)20-7-2-8-22-9-11-24-12-10-22/h3-6H,2,7-12H2,1H3,(H,20,23). The quantitative estimate of drug-likeness (QED) is 0.812. The number of nitrogens with one attached hydrogen (secondary N) is 1. The Morgan fingerprint density at radius 1 is 1.28 bits per heavy atom. The summed E-state index contributed by atoms with van der Waals surface area (Å²) in [6, 6.07) is 5.84. The van der Waals surface area contributed by atoms with Gasteiger partial charge in [0, 0.05) is 25.2 Å². The van der Waals surface area contributed by atoms with Gasteiger partial charge in [0.1, 0.15) is 22.8 Å². The van der Waals surface area contributed by atoms with Crippen molar-refractivity contribution in [3.05, 3.63) is 41.4 Å². The summed E-state index contributed by atoms with van der Waals surface area (Å²) in [5.41, 5.74) is 1.48. The fourth-order valence-electron chi connectivity index (χ4n) is 2.86. The summed E-state index contributed by atoms with van der Waals surface area (Å²) >= 11 is 0. The highest BCUT2D eigenvalue weighted by Gasteiger charge is 2.21. The normalized spacial score (nSPS) is 15.3. The predicted molar refractivity (Wildman–Crippen MR) is 90.8 cm³/mol. The summed E-state index contributed by atoms with van der Waals surface area (Å²) in [6.07, 6.45) is 0.863. The fraction of sp³-hybridized carbons (Fsp3) is 0.444. The Kier molecular flexibility index (Phi) is 5.78. The molecular weight excluding hydrogens is 325 g/mol. The Labute approximate surface area is 145 Å². The van der Waals surface area contributed by atoms with Crippen molar-refractivity contribution < 1.29 is 18.4 Å². The van der Waals surface area contributed by atoms with Gasteiger partial charge in [-0.25, -0.2) is 4.39 Å². The van der Waals surface area contributed by atoms with E-state index >= 15 is 0 Å². The van der Waals surface area contributed by atoms with Crippen LogP contribution in [0.5, 0.6) is 0 Å². The van der Waals surface area contributed by atoms with Gasteiger partial charge in [-0.2, -0.15) is 0 Å². The van der Waals surface area contributed by atoms with Crippen LogP contribution in [-0.2, 0) is 4.74 Å². The Bertz CT molecular complexity index is 709. The molecule has 0 unspecified atom stereocenters. The van der Waals surface area contributed by atoms with Crippen LogP contribution < -0.4 is 5.32 Å². The highest BCUT2D eigenvalue weighted by molar-refractivity contribution is 6.00. The van der Waals surface area contributed by atoms with E-state index in [1.165, 1.54) is 12.1 Å². The molecule has 0 aliphatic carbocycles. The molecule has 0 radical (unpaired) electrons. The molecule has 3 rings (SSSR count). The molecule has 1 aromatic heterocycles. The lowest BCUT2D eigenvalue weighted by Gasteiger charge is -2.26. The first-order chi connectivity index (χ1) is 12.1. The molecule has 1 aromatic carbocycles. The molecule has 1 fully saturated rings. The number of aryl methyl sites for hydroxylation is 1. The molecule has 0 saturated carbocycles. The molecule has 1 aliphatic rings. The maximum absolute atomic E-state index is 13.1. The maximum atomic E-state index is 13.1. The Balaban J connectivity index is 1.58. The molecule has 1 saturated heterocycles. The van der Waals surface area contributed by atoms with E-state index < -0.39 is 0 Å². The molecule has 1 aliphatic heterocycles. The number of carbonyl (C=O) groups excluding carboxylic acids is 1. The summed E-state index contributed by atoms with van der Waals surface area (Å²) in [7, 11) is 0. The number of hydrogen-bond acceptors (Lipinski definition) is 5. The molecule has 1 amide bonds. The molecule has 2 aromatic rings. The second-order valence-electron chi connectivity index (χ2n) is 6.03. The minimum Gasteiger partial charge on any atom is -0.379 e.